The Labute approximate surface area is 106 Å². The summed E-state index contributed by atoms with van der Waals surface area (Å²) in [7, 11) is 0. The van der Waals surface area contributed by atoms with Crippen LogP contribution in [0.25, 0.3) is 0 Å². The van der Waals surface area contributed by atoms with Gasteiger partial charge in [0.25, 0.3) is 0 Å². The first-order chi connectivity index (χ1) is 7.42. The molecule has 1 aliphatic heterocycles. The highest BCUT2D eigenvalue weighted by Gasteiger charge is 2.39. The summed E-state index contributed by atoms with van der Waals surface area (Å²) in [5, 5.41) is 3.49. The van der Waals surface area contributed by atoms with Gasteiger partial charge in [0.15, 0.2) is 0 Å². The Morgan fingerprint density at radius 2 is 2.00 bits per heavy atom. The third-order valence-corrected chi connectivity index (χ3v) is 4.81. The summed E-state index contributed by atoms with van der Waals surface area (Å²) in [6.07, 6.45) is 7.55. The van der Waals surface area contributed by atoms with Crippen molar-refractivity contribution >= 4 is 12.4 Å². The third-order valence-electron chi connectivity index (χ3n) is 4.81. The highest BCUT2D eigenvalue weighted by Crippen LogP contribution is 2.48. The molecule has 2 saturated carbocycles. The molecule has 0 aromatic rings. The van der Waals surface area contributed by atoms with E-state index < -0.39 is 0 Å². The molecule has 3 aliphatic rings. The maximum absolute atomic E-state index is 3.49. The van der Waals surface area contributed by atoms with Gasteiger partial charge in [-0.15, -0.1) is 12.4 Å². The van der Waals surface area contributed by atoms with Crippen molar-refractivity contribution in [3.8, 4) is 0 Å². The van der Waals surface area contributed by atoms with Gasteiger partial charge in [-0.05, 0) is 56.5 Å². The second kappa shape index (κ2) is 5.70. The van der Waals surface area contributed by atoms with Gasteiger partial charge in [0.2, 0.25) is 0 Å². The Balaban J connectivity index is 0.000000963. The molecule has 0 amide bonds. The van der Waals surface area contributed by atoms with E-state index in [0.29, 0.717) is 0 Å². The Bertz CT molecular complexity index is 214. The summed E-state index contributed by atoms with van der Waals surface area (Å²) in [6.45, 7) is 6.46. The molecule has 1 heterocycles. The minimum Gasteiger partial charge on any atom is -0.315 e. The van der Waals surface area contributed by atoms with Crippen LogP contribution in [-0.2, 0) is 0 Å². The van der Waals surface area contributed by atoms with Gasteiger partial charge in [-0.2, -0.15) is 0 Å². The first kappa shape index (κ1) is 12.7. The predicted octanol–water partition coefficient (Wildman–Crippen LogP) is 2.14. The molecule has 3 atom stereocenters. The molecule has 3 unspecified atom stereocenters. The Kier molecular flexibility index (Phi) is 4.51. The predicted molar refractivity (Wildman–Crippen MR) is 70.1 cm³/mol. The van der Waals surface area contributed by atoms with Crippen molar-refractivity contribution in [3.05, 3.63) is 0 Å². The average Bonchev–Trinajstić information content (AvgIpc) is 2.75. The summed E-state index contributed by atoms with van der Waals surface area (Å²) in [5.74, 6) is 3.28. The zero-order valence-electron chi connectivity index (χ0n) is 10.2. The standard InChI is InChI=1S/C13H24N2.ClH/c1-4-14-5-7-15(6-1)10-13-9-11-2-3-12(13)8-11;/h11-14H,1-10H2;1H. The van der Waals surface area contributed by atoms with Gasteiger partial charge in [0, 0.05) is 19.6 Å². The molecule has 1 saturated heterocycles. The third kappa shape index (κ3) is 2.72. The first-order valence-electron chi connectivity index (χ1n) is 6.85. The molecule has 2 bridgehead atoms. The molecule has 94 valence electrons. The zero-order valence-corrected chi connectivity index (χ0v) is 11.0. The Hall–Kier alpha value is 0.210. The molecule has 1 N–H and O–H groups in total. The smallest absolute Gasteiger partial charge is 0.0107 e. The summed E-state index contributed by atoms with van der Waals surface area (Å²) in [6, 6.07) is 0. The van der Waals surface area contributed by atoms with Crippen molar-refractivity contribution in [2.75, 3.05) is 32.7 Å². The van der Waals surface area contributed by atoms with Gasteiger partial charge in [-0.1, -0.05) is 6.42 Å². The van der Waals surface area contributed by atoms with Crippen molar-refractivity contribution in [1.82, 2.24) is 10.2 Å². The number of rotatable bonds is 2. The lowest BCUT2D eigenvalue weighted by molar-refractivity contribution is 0.199. The number of nitrogens with zero attached hydrogens (tertiary/aromatic N) is 1. The monoisotopic (exact) mass is 244 g/mol. The van der Waals surface area contributed by atoms with E-state index in [-0.39, 0.29) is 12.4 Å². The van der Waals surface area contributed by atoms with Crippen molar-refractivity contribution in [2.45, 2.75) is 32.1 Å². The quantitative estimate of drug-likeness (QED) is 0.801. The van der Waals surface area contributed by atoms with Crippen LogP contribution in [0.5, 0.6) is 0 Å². The lowest BCUT2D eigenvalue weighted by atomic mass is 9.88. The molecular formula is C13H25ClN2. The summed E-state index contributed by atoms with van der Waals surface area (Å²) in [4.78, 5) is 2.71. The van der Waals surface area contributed by atoms with Crippen LogP contribution in [0.1, 0.15) is 32.1 Å². The molecule has 0 spiro atoms. The molecule has 16 heavy (non-hydrogen) atoms. The summed E-state index contributed by atoms with van der Waals surface area (Å²) >= 11 is 0. The SMILES string of the molecule is C1CNCCN(CC2CC3CCC2C3)C1.Cl. The largest absolute Gasteiger partial charge is 0.315 e. The molecule has 3 rings (SSSR count). The zero-order chi connectivity index (χ0) is 10.1. The van der Waals surface area contributed by atoms with Crippen LogP contribution in [-0.4, -0.2) is 37.6 Å². The fraction of sp³-hybridized carbons (Fsp3) is 1.00. The molecular weight excluding hydrogens is 220 g/mol. The molecule has 2 nitrogen and oxygen atoms in total. The van der Waals surface area contributed by atoms with Crippen LogP contribution in [0.3, 0.4) is 0 Å². The van der Waals surface area contributed by atoms with E-state index in [9.17, 15) is 0 Å². The van der Waals surface area contributed by atoms with Crippen molar-refractivity contribution in [1.29, 1.82) is 0 Å². The first-order valence-corrected chi connectivity index (χ1v) is 6.85. The second-order valence-corrected chi connectivity index (χ2v) is 5.84. The second-order valence-electron chi connectivity index (χ2n) is 5.84. The van der Waals surface area contributed by atoms with Gasteiger partial charge < -0.3 is 10.2 Å². The lowest BCUT2D eigenvalue weighted by Crippen LogP contribution is -2.34. The molecule has 0 aromatic heterocycles. The Morgan fingerprint density at radius 1 is 1.06 bits per heavy atom. The van der Waals surface area contributed by atoms with Crippen molar-refractivity contribution < 1.29 is 0 Å². The van der Waals surface area contributed by atoms with E-state index in [1.165, 1.54) is 39.1 Å². The van der Waals surface area contributed by atoms with E-state index in [4.69, 9.17) is 0 Å². The maximum atomic E-state index is 3.49. The maximum Gasteiger partial charge on any atom is 0.0107 e. The van der Waals surface area contributed by atoms with E-state index in [1.54, 1.807) is 25.7 Å². The van der Waals surface area contributed by atoms with E-state index in [2.05, 4.69) is 10.2 Å². The number of fused-ring (bicyclic) bond motifs is 2. The van der Waals surface area contributed by atoms with Crippen LogP contribution in [0.2, 0.25) is 0 Å². The molecule has 3 heteroatoms. The summed E-state index contributed by atoms with van der Waals surface area (Å²) in [5.41, 5.74) is 0. The van der Waals surface area contributed by atoms with E-state index in [1.807, 2.05) is 0 Å². The van der Waals surface area contributed by atoms with E-state index >= 15 is 0 Å². The highest BCUT2D eigenvalue weighted by molar-refractivity contribution is 5.85. The van der Waals surface area contributed by atoms with Crippen LogP contribution in [0.4, 0.5) is 0 Å². The number of hydrogen-bond donors (Lipinski definition) is 1. The van der Waals surface area contributed by atoms with Gasteiger partial charge in [-0.3, -0.25) is 0 Å². The van der Waals surface area contributed by atoms with Crippen LogP contribution < -0.4 is 5.32 Å². The van der Waals surface area contributed by atoms with Gasteiger partial charge in [0.1, 0.15) is 0 Å². The lowest BCUT2D eigenvalue weighted by Gasteiger charge is -2.28. The molecule has 0 radical (unpaired) electrons. The number of hydrogen-bond acceptors (Lipinski definition) is 2. The normalized spacial score (nSPS) is 39.4. The fourth-order valence-corrected chi connectivity index (χ4v) is 4.02. The van der Waals surface area contributed by atoms with Crippen LogP contribution in [0, 0.1) is 17.8 Å². The average molecular weight is 245 g/mol. The Morgan fingerprint density at radius 3 is 2.75 bits per heavy atom. The van der Waals surface area contributed by atoms with Gasteiger partial charge >= 0.3 is 0 Å². The van der Waals surface area contributed by atoms with Gasteiger partial charge in [0.05, 0.1) is 0 Å². The van der Waals surface area contributed by atoms with Gasteiger partial charge in [-0.25, -0.2) is 0 Å². The molecule has 0 aromatic carbocycles. The fourth-order valence-electron chi connectivity index (χ4n) is 4.02. The van der Waals surface area contributed by atoms with Crippen LogP contribution >= 0.6 is 12.4 Å². The van der Waals surface area contributed by atoms with Crippen molar-refractivity contribution in [3.63, 3.8) is 0 Å². The van der Waals surface area contributed by atoms with E-state index in [0.717, 1.165) is 17.8 Å². The highest BCUT2D eigenvalue weighted by atomic mass is 35.5. The topological polar surface area (TPSA) is 15.3 Å². The summed E-state index contributed by atoms with van der Waals surface area (Å²) < 4.78 is 0. The molecule has 3 fully saturated rings. The van der Waals surface area contributed by atoms with Crippen LogP contribution in [0.15, 0.2) is 0 Å². The van der Waals surface area contributed by atoms with Crippen molar-refractivity contribution in [2.24, 2.45) is 17.8 Å². The minimum atomic E-state index is 0. The number of nitrogens with one attached hydrogen (secondary N) is 1. The minimum absolute atomic E-state index is 0. The number of halogens is 1. The molecule has 2 aliphatic carbocycles.